The average molecular weight is 86.1 g/mol. The molecule has 0 bridgehead atoms. The Balaban J connectivity index is 2.09. The summed E-state index contributed by atoms with van der Waals surface area (Å²) in [6.07, 6.45) is 1.90. The molecule has 1 rings (SSSR count). The Hall–Kier alpha value is -0.0800. The lowest BCUT2D eigenvalue weighted by atomic mass is 10.4. The molecule has 1 aliphatic rings. The molecule has 1 unspecified atom stereocenters. The summed E-state index contributed by atoms with van der Waals surface area (Å²) in [5.41, 5.74) is 3.11. The van der Waals surface area contributed by atoms with Gasteiger partial charge < -0.3 is 0 Å². The minimum atomic E-state index is 0.685. The highest BCUT2D eigenvalue weighted by Gasteiger charge is 2.25. The fraction of sp³-hybridized carbons (Fsp3) is 1.00. The Morgan fingerprint density at radius 2 is 2.33 bits per heavy atom. The summed E-state index contributed by atoms with van der Waals surface area (Å²) in [5, 5.41) is 2.10. The topological polar surface area (TPSA) is 25.0 Å². The molecule has 2 heteroatoms. The van der Waals surface area contributed by atoms with E-state index in [0.717, 1.165) is 0 Å². The van der Waals surface area contributed by atoms with Gasteiger partial charge in [0.25, 0.3) is 0 Å². The standard InChI is InChI=1S/C4H10N2/c1-3-4-5-6(4)2/h4-5H,3H2,1-2H3/t4-,6?/m0/s1. The molecule has 0 aromatic rings. The smallest absolute Gasteiger partial charge is 0.0857 e. The fourth-order valence-electron chi connectivity index (χ4n) is 0.567. The van der Waals surface area contributed by atoms with Gasteiger partial charge in [-0.05, 0) is 6.42 Å². The molecular formula is C4H10N2. The predicted octanol–water partition coefficient (Wildman–Crippen LogP) is 0.172. The first-order chi connectivity index (χ1) is 2.84. The first kappa shape index (κ1) is 4.09. The Bertz CT molecular complexity index is 51.5. The minimum Gasteiger partial charge on any atom is -0.235 e. The SMILES string of the molecule is CC[C@H]1NN1C. The summed E-state index contributed by atoms with van der Waals surface area (Å²) in [5.74, 6) is 0. The number of hydrogen-bond acceptors (Lipinski definition) is 2. The van der Waals surface area contributed by atoms with Crippen LogP contribution in [-0.2, 0) is 0 Å². The van der Waals surface area contributed by atoms with Crippen molar-refractivity contribution in [1.29, 1.82) is 0 Å². The van der Waals surface area contributed by atoms with Crippen LogP contribution in [0.3, 0.4) is 0 Å². The van der Waals surface area contributed by atoms with Gasteiger partial charge >= 0.3 is 0 Å². The highest BCUT2D eigenvalue weighted by atomic mass is 15.7. The molecule has 0 spiro atoms. The normalized spacial score (nSPS) is 43.0. The Morgan fingerprint density at radius 1 is 1.83 bits per heavy atom. The second-order valence-electron chi connectivity index (χ2n) is 1.66. The summed E-state index contributed by atoms with van der Waals surface area (Å²) in [7, 11) is 2.05. The van der Waals surface area contributed by atoms with E-state index in [4.69, 9.17) is 0 Å². The van der Waals surface area contributed by atoms with Crippen molar-refractivity contribution in [2.45, 2.75) is 19.5 Å². The van der Waals surface area contributed by atoms with Gasteiger partial charge in [0.15, 0.2) is 0 Å². The van der Waals surface area contributed by atoms with E-state index in [0.29, 0.717) is 6.17 Å². The average Bonchev–Trinajstić information content (AvgIpc) is 2.19. The largest absolute Gasteiger partial charge is 0.235 e. The molecular weight excluding hydrogens is 76.1 g/mol. The zero-order valence-electron chi connectivity index (χ0n) is 4.23. The van der Waals surface area contributed by atoms with Crippen molar-refractivity contribution in [3.05, 3.63) is 0 Å². The quantitative estimate of drug-likeness (QED) is 0.460. The molecule has 1 heterocycles. The van der Waals surface area contributed by atoms with Gasteiger partial charge in [-0.2, -0.15) is 0 Å². The third kappa shape index (κ3) is 0.533. The van der Waals surface area contributed by atoms with Gasteiger partial charge in [-0.25, -0.2) is 10.4 Å². The van der Waals surface area contributed by atoms with Crippen LogP contribution in [0.4, 0.5) is 0 Å². The van der Waals surface area contributed by atoms with E-state index in [1.807, 2.05) is 7.05 Å². The van der Waals surface area contributed by atoms with E-state index in [2.05, 4.69) is 17.4 Å². The third-order valence-electron chi connectivity index (χ3n) is 1.14. The molecule has 2 atom stereocenters. The summed E-state index contributed by atoms with van der Waals surface area (Å²) in [6, 6.07) is 0. The van der Waals surface area contributed by atoms with Crippen LogP contribution in [-0.4, -0.2) is 18.2 Å². The molecule has 1 saturated heterocycles. The van der Waals surface area contributed by atoms with Crippen LogP contribution in [0.1, 0.15) is 13.3 Å². The molecule has 0 amide bonds. The van der Waals surface area contributed by atoms with Crippen molar-refractivity contribution in [2.75, 3.05) is 7.05 Å². The lowest BCUT2D eigenvalue weighted by molar-refractivity contribution is 0.581. The van der Waals surface area contributed by atoms with Crippen molar-refractivity contribution >= 4 is 0 Å². The molecule has 1 aliphatic heterocycles. The van der Waals surface area contributed by atoms with Crippen LogP contribution >= 0.6 is 0 Å². The van der Waals surface area contributed by atoms with E-state index in [9.17, 15) is 0 Å². The van der Waals surface area contributed by atoms with E-state index >= 15 is 0 Å². The van der Waals surface area contributed by atoms with Crippen molar-refractivity contribution in [3.63, 3.8) is 0 Å². The summed E-state index contributed by atoms with van der Waals surface area (Å²) in [4.78, 5) is 0. The van der Waals surface area contributed by atoms with Crippen LogP contribution in [0.2, 0.25) is 0 Å². The Kier molecular flexibility index (Phi) is 0.821. The van der Waals surface area contributed by atoms with Crippen LogP contribution < -0.4 is 5.43 Å². The maximum atomic E-state index is 3.11. The van der Waals surface area contributed by atoms with Gasteiger partial charge in [0, 0.05) is 7.05 Å². The monoisotopic (exact) mass is 86.1 g/mol. The van der Waals surface area contributed by atoms with Gasteiger partial charge in [0.05, 0.1) is 6.17 Å². The zero-order valence-corrected chi connectivity index (χ0v) is 4.23. The second kappa shape index (κ2) is 1.21. The van der Waals surface area contributed by atoms with E-state index < -0.39 is 0 Å². The first-order valence-corrected chi connectivity index (χ1v) is 2.33. The van der Waals surface area contributed by atoms with Crippen LogP contribution in [0.5, 0.6) is 0 Å². The Morgan fingerprint density at radius 3 is 2.33 bits per heavy atom. The van der Waals surface area contributed by atoms with Crippen LogP contribution in [0, 0.1) is 0 Å². The molecule has 36 valence electrons. The fourth-order valence-corrected chi connectivity index (χ4v) is 0.567. The molecule has 1 N–H and O–H groups in total. The zero-order chi connectivity index (χ0) is 4.57. The number of nitrogens with zero attached hydrogens (tertiary/aromatic N) is 1. The van der Waals surface area contributed by atoms with Gasteiger partial charge in [0.1, 0.15) is 0 Å². The minimum absolute atomic E-state index is 0.685. The Labute approximate surface area is 38.1 Å². The van der Waals surface area contributed by atoms with Crippen LogP contribution in [0.25, 0.3) is 0 Å². The molecule has 0 radical (unpaired) electrons. The molecule has 1 fully saturated rings. The molecule has 0 aromatic carbocycles. The van der Waals surface area contributed by atoms with E-state index in [1.54, 1.807) is 0 Å². The molecule has 2 nitrogen and oxygen atoms in total. The highest BCUT2D eigenvalue weighted by Crippen LogP contribution is 2.06. The lowest BCUT2D eigenvalue weighted by Crippen LogP contribution is -1.89. The van der Waals surface area contributed by atoms with Gasteiger partial charge in [-0.3, -0.25) is 0 Å². The van der Waals surface area contributed by atoms with E-state index in [-0.39, 0.29) is 0 Å². The van der Waals surface area contributed by atoms with Crippen molar-refractivity contribution in [3.8, 4) is 0 Å². The van der Waals surface area contributed by atoms with Crippen LogP contribution in [0.15, 0.2) is 0 Å². The van der Waals surface area contributed by atoms with Crippen molar-refractivity contribution in [1.82, 2.24) is 10.4 Å². The highest BCUT2D eigenvalue weighted by molar-refractivity contribution is 4.70. The molecule has 6 heavy (non-hydrogen) atoms. The van der Waals surface area contributed by atoms with Gasteiger partial charge in [-0.1, -0.05) is 6.92 Å². The molecule has 0 aliphatic carbocycles. The van der Waals surface area contributed by atoms with Crippen molar-refractivity contribution in [2.24, 2.45) is 0 Å². The number of nitrogens with one attached hydrogen (secondary N) is 1. The first-order valence-electron chi connectivity index (χ1n) is 2.33. The number of hydrogen-bond donors (Lipinski definition) is 1. The van der Waals surface area contributed by atoms with E-state index in [1.165, 1.54) is 6.42 Å². The third-order valence-corrected chi connectivity index (χ3v) is 1.14. The number of rotatable bonds is 1. The number of hydrazine groups is 1. The molecule has 0 saturated carbocycles. The lowest BCUT2D eigenvalue weighted by Gasteiger charge is -1.78. The maximum Gasteiger partial charge on any atom is 0.0857 e. The summed E-state index contributed by atoms with van der Waals surface area (Å²) < 4.78 is 0. The summed E-state index contributed by atoms with van der Waals surface area (Å²) in [6.45, 7) is 2.17. The summed E-state index contributed by atoms with van der Waals surface area (Å²) >= 11 is 0. The van der Waals surface area contributed by atoms with Gasteiger partial charge in [-0.15, -0.1) is 0 Å². The predicted molar refractivity (Wildman–Crippen MR) is 25.0 cm³/mol. The van der Waals surface area contributed by atoms with Gasteiger partial charge in [0.2, 0.25) is 0 Å². The maximum absolute atomic E-state index is 3.11. The molecule has 0 aromatic heterocycles. The van der Waals surface area contributed by atoms with Crippen molar-refractivity contribution < 1.29 is 0 Å². The second-order valence-corrected chi connectivity index (χ2v) is 1.66.